The molecule has 2 aromatic rings. The number of carbonyl (C=O) groups is 2. The maximum Gasteiger partial charge on any atom is 0.408 e. The zero-order valence-electron chi connectivity index (χ0n) is 19.0. The minimum atomic E-state index is -0.657. The maximum absolute atomic E-state index is 13.2. The van der Waals surface area contributed by atoms with Crippen LogP contribution in [-0.2, 0) is 26.3 Å². The number of carbonyl (C=O) groups excluding carboxylic acids is 2. The summed E-state index contributed by atoms with van der Waals surface area (Å²) in [6, 6.07) is 19.1. The molecule has 0 aliphatic carbocycles. The highest BCUT2D eigenvalue weighted by Gasteiger charge is 2.36. The van der Waals surface area contributed by atoms with Gasteiger partial charge in [0.1, 0.15) is 12.6 Å². The van der Waals surface area contributed by atoms with Gasteiger partial charge in [-0.05, 0) is 29.9 Å². The van der Waals surface area contributed by atoms with E-state index in [0.717, 1.165) is 24.8 Å². The van der Waals surface area contributed by atoms with E-state index in [2.05, 4.69) is 22.8 Å². The van der Waals surface area contributed by atoms with E-state index in [4.69, 9.17) is 9.47 Å². The van der Waals surface area contributed by atoms with E-state index in [-0.39, 0.29) is 23.8 Å². The van der Waals surface area contributed by atoms with Gasteiger partial charge in [-0.3, -0.25) is 4.79 Å². The molecule has 0 bridgehead atoms. The van der Waals surface area contributed by atoms with Gasteiger partial charge >= 0.3 is 6.09 Å². The molecule has 2 amide bonds. The van der Waals surface area contributed by atoms with Crippen molar-refractivity contribution in [3.05, 3.63) is 71.8 Å². The van der Waals surface area contributed by atoms with Crippen molar-refractivity contribution in [2.24, 2.45) is 5.92 Å². The van der Waals surface area contributed by atoms with Crippen LogP contribution in [-0.4, -0.2) is 37.8 Å². The molecule has 1 heterocycles. The molecule has 172 valence electrons. The second kappa shape index (κ2) is 11.7. The van der Waals surface area contributed by atoms with E-state index in [1.165, 1.54) is 5.56 Å². The summed E-state index contributed by atoms with van der Waals surface area (Å²) in [5, 5.41) is 5.90. The second-order valence-corrected chi connectivity index (χ2v) is 8.55. The van der Waals surface area contributed by atoms with Crippen LogP contribution in [0.15, 0.2) is 60.7 Å². The lowest BCUT2D eigenvalue weighted by atomic mass is 9.74. The third-order valence-electron chi connectivity index (χ3n) is 6.42. The molecule has 1 aliphatic heterocycles. The number of benzene rings is 2. The zero-order valence-corrected chi connectivity index (χ0v) is 19.0. The molecule has 0 unspecified atom stereocenters. The van der Waals surface area contributed by atoms with Crippen LogP contribution < -0.4 is 10.6 Å². The monoisotopic (exact) mass is 438 g/mol. The van der Waals surface area contributed by atoms with E-state index >= 15 is 0 Å². The maximum atomic E-state index is 13.2. The van der Waals surface area contributed by atoms with Crippen molar-refractivity contribution in [3.63, 3.8) is 0 Å². The molecule has 1 fully saturated rings. The topological polar surface area (TPSA) is 76.7 Å². The SMILES string of the molecule is CC[C@H](C)[C@H](NC(=O)OCc1ccccc1)C(=O)NCC1(c2ccccc2)CCOCC1. The molecule has 2 atom stereocenters. The first-order valence-corrected chi connectivity index (χ1v) is 11.4. The molecule has 3 rings (SSSR count). The number of amides is 2. The third kappa shape index (κ3) is 6.33. The van der Waals surface area contributed by atoms with Crippen LogP contribution in [0.25, 0.3) is 0 Å². The molecule has 0 saturated carbocycles. The minimum absolute atomic E-state index is 0.0263. The number of rotatable bonds is 9. The van der Waals surface area contributed by atoms with Crippen molar-refractivity contribution < 1.29 is 19.1 Å². The fourth-order valence-corrected chi connectivity index (χ4v) is 4.08. The summed E-state index contributed by atoms with van der Waals surface area (Å²) < 4.78 is 10.9. The normalized spacial score (nSPS) is 17.1. The number of hydrogen-bond donors (Lipinski definition) is 2. The number of hydrogen-bond acceptors (Lipinski definition) is 4. The first kappa shape index (κ1) is 23.8. The fraction of sp³-hybridized carbons (Fsp3) is 0.462. The minimum Gasteiger partial charge on any atom is -0.445 e. The zero-order chi connectivity index (χ0) is 22.8. The van der Waals surface area contributed by atoms with Gasteiger partial charge in [0.05, 0.1) is 0 Å². The van der Waals surface area contributed by atoms with Crippen LogP contribution in [0.4, 0.5) is 4.79 Å². The van der Waals surface area contributed by atoms with Crippen molar-refractivity contribution in [2.45, 2.75) is 51.2 Å². The molecule has 32 heavy (non-hydrogen) atoms. The molecule has 6 nitrogen and oxygen atoms in total. The second-order valence-electron chi connectivity index (χ2n) is 8.55. The predicted octanol–water partition coefficient (Wildman–Crippen LogP) is 4.19. The fourth-order valence-electron chi connectivity index (χ4n) is 4.08. The molecule has 0 aromatic heterocycles. The Morgan fingerprint density at radius 3 is 2.28 bits per heavy atom. The van der Waals surface area contributed by atoms with Crippen LogP contribution in [0.2, 0.25) is 0 Å². The molecular weight excluding hydrogens is 404 g/mol. The Morgan fingerprint density at radius 1 is 1.03 bits per heavy atom. The summed E-state index contributed by atoms with van der Waals surface area (Å²) in [5.74, 6) is -0.209. The molecule has 1 saturated heterocycles. The number of nitrogens with one attached hydrogen (secondary N) is 2. The van der Waals surface area contributed by atoms with E-state index < -0.39 is 12.1 Å². The molecular formula is C26H34N2O4. The summed E-state index contributed by atoms with van der Waals surface area (Å²) in [7, 11) is 0. The Balaban J connectivity index is 1.62. The Kier molecular flexibility index (Phi) is 8.68. The van der Waals surface area contributed by atoms with Gasteiger partial charge in [0.25, 0.3) is 0 Å². The van der Waals surface area contributed by atoms with Crippen molar-refractivity contribution in [2.75, 3.05) is 19.8 Å². The van der Waals surface area contributed by atoms with Gasteiger partial charge in [0, 0.05) is 25.2 Å². The molecule has 0 radical (unpaired) electrons. The number of alkyl carbamates (subject to hydrolysis) is 1. The quantitative estimate of drug-likeness (QED) is 0.615. The van der Waals surface area contributed by atoms with Gasteiger partial charge in [-0.25, -0.2) is 4.79 Å². The van der Waals surface area contributed by atoms with Gasteiger partial charge in [-0.2, -0.15) is 0 Å². The first-order valence-electron chi connectivity index (χ1n) is 11.4. The van der Waals surface area contributed by atoms with Gasteiger partial charge in [-0.15, -0.1) is 0 Å². The van der Waals surface area contributed by atoms with Crippen molar-refractivity contribution in [1.29, 1.82) is 0 Å². The summed E-state index contributed by atoms with van der Waals surface area (Å²) >= 11 is 0. The highest BCUT2D eigenvalue weighted by Crippen LogP contribution is 2.34. The average molecular weight is 439 g/mol. The van der Waals surface area contributed by atoms with E-state index in [1.807, 2.05) is 62.4 Å². The van der Waals surface area contributed by atoms with Gasteiger partial charge in [0.15, 0.2) is 0 Å². The van der Waals surface area contributed by atoms with Gasteiger partial charge < -0.3 is 20.1 Å². The highest BCUT2D eigenvalue weighted by molar-refractivity contribution is 5.86. The van der Waals surface area contributed by atoms with E-state index in [1.54, 1.807) is 0 Å². The lowest BCUT2D eigenvalue weighted by molar-refractivity contribution is -0.124. The van der Waals surface area contributed by atoms with Gasteiger partial charge in [-0.1, -0.05) is 80.9 Å². The standard InChI is InChI=1S/C26H34N2O4/c1-3-20(2)23(28-25(30)32-18-21-10-6-4-7-11-21)24(29)27-19-26(14-16-31-17-15-26)22-12-8-5-9-13-22/h4-13,20,23H,3,14-19H2,1-2H3,(H,27,29)(H,28,30)/t20-,23-/m0/s1. The van der Waals surface area contributed by atoms with Crippen LogP contribution in [0.1, 0.15) is 44.2 Å². The Bertz CT molecular complexity index is 851. The van der Waals surface area contributed by atoms with Crippen molar-refractivity contribution in [3.8, 4) is 0 Å². The Labute approximate surface area is 190 Å². The Morgan fingerprint density at radius 2 is 1.66 bits per heavy atom. The number of ether oxygens (including phenoxy) is 2. The summed E-state index contributed by atoms with van der Waals surface area (Å²) in [6.45, 7) is 5.98. The lowest BCUT2D eigenvalue weighted by Gasteiger charge is -2.38. The van der Waals surface area contributed by atoms with Gasteiger partial charge in [0.2, 0.25) is 5.91 Å². The van der Waals surface area contributed by atoms with Crippen LogP contribution in [0.5, 0.6) is 0 Å². The van der Waals surface area contributed by atoms with E-state index in [0.29, 0.717) is 19.8 Å². The Hall–Kier alpha value is -2.86. The van der Waals surface area contributed by atoms with Crippen LogP contribution >= 0.6 is 0 Å². The molecule has 0 spiro atoms. The average Bonchev–Trinajstić information content (AvgIpc) is 2.86. The summed E-state index contributed by atoms with van der Waals surface area (Å²) in [5.41, 5.74) is 1.94. The smallest absolute Gasteiger partial charge is 0.408 e. The highest BCUT2D eigenvalue weighted by atomic mass is 16.5. The van der Waals surface area contributed by atoms with Crippen LogP contribution in [0.3, 0.4) is 0 Å². The molecule has 6 heteroatoms. The van der Waals surface area contributed by atoms with Crippen molar-refractivity contribution >= 4 is 12.0 Å². The van der Waals surface area contributed by atoms with E-state index in [9.17, 15) is 9.59 Å². The molecule has 1 aliphatic rings. The van der Waals surface area contributed by atoms with Crippen LogP contribution in [0, 0.1) is 5.92 Å². The predicted molar refractivity (Wildman–Crippen MR) is 124 cm³/mol. The molecule has 2 N–H and O–H groups in total. The third-order valence-corrected chi connectivity index (χ3v) is 6.42. The largest absolute Gasteiger partial charge is 0.445 e. The first-order chi connectivity index (χ1) is 15.5. The summed E-state index contributed by atoms with van der Waals surface area (Å²) in [6.07, 6.45) is 1.86. The molecule has 2 aromatic carbocycles. The summed E-state index contributed by atoms with van der Waals surface area (Å²) in [4.78, 5) is 25.6. The van der Waals surface area contributed by atoms with Crippen molar-refractivity contribution in [1.82, 2.24) is 10.6 Å². The lowest BCUT2D eigenvalue weighted by Crippen LogP contribution is -2.53.